The van der Waals surface area contributed by atoms with Gasteiger partial charge in [-0.25, -0.2) is 8.42 Å². The number of sulfone groups is 1. The van der Waals surface area contributed by atoms with Crippen molar-refractivity contribution in [3.63, 3.8) is 0 Å². The van der Waals surface area contributed by atoms with Crippen molar-refractivity contribution in [2.45, 2.75) is 19.4 Å². The predicted molar refractivity (Wildman–Crippen MR) is 71.9 cm³/mol. The van der Waals surface area contributed by atoms with E-state index in [-0.39, 0.29) is 34.8 Å². The minimum absolute atomic E-state index is 0.0141. The molecule has 1 aromatic carbocycles. The van der Waals surface area contributed by atoms with Crippen LogP contribution in [0.4, 0.5) is 0 Å². The normalized spacial score (nSPS) is 21.2. The Morgan fingerprint density at radius 1 is 1.42 bits per heavy atom. The Morgan fingerprint density at radius 3 is 2.63 bits per heavy atom. The van der Waals surface area contributed by atoms with Crippen LogP contribution in [0.5, 0.6) is 5.75 Å². The van der Waals surface area contributed by atoms with E-state index < -0.39 is 9.84 Å². The number of para-hydroxylation sites is 1. The number of amides is 1. The Kier molecular flexibility index (Phi) is 3.80. The maximum Gasteiger partial charge on any atom is 0.257 e. The maximum atomic E-state index is 12.4. The molecule has 0 aromatic heterocycles. The van der Waals surface area contributed by atoms with Gasteiger partial charge in [0.25, 0.3) is 5.91 Å². The highest BCUT2D eigenvalue weighted by Gasteiger charge is 2.34. The number of aromatic hydroxyl groups is 1. The summed E-state index contributed by atoms with van der Waals surface area (Å²) < 4.78 is 23.0. The first kappa shape index (κ1) is 13.9. The molecule has 19 heavy (non-hydrogen) atoms. The average molecular weight is 283 g/mol. The van der Waals surface area contributed by atoms with E-state index in [1.165, 1.54) is 11.0 Å². The van der Waals surface area contributed by atoms with Crippen molar-refractivity contribution < 1.29 is 18.3 Å². The van der Waals surface area contributed by atoms with Gasteiger partial charge in [-0.05, 0) is 25.5 Å². The summed E-state index contributed by atoms with van der Waals surface area (Å²) in [7, 11) is -3.03. The lowest BCUT2D eigenvalue weighted by molar-refractivity contribution is 0.0705. The molecule has 104 valence electrons. The Bertz CT molecular complexity index is 582. The highest BCUT2D eigenvalue weighted by atomic mass is 32.2. The van der Waals surface area contributed by atoms with Crippen LogP contribution in [0.1, 0.15) is 23.7 Å². The number of carbonyl (C=O) groups excluding carboxylic acids is 1. The molecule has 1 heterocycles. The largest absolute Gasteiger partial charge is 0.507 e. The molecule has 1 aliphatic heterocycles. The summed E-state index contributed by atoms with van der Waals surface area (Å²) in [6, 6.07) is 6.02. The molecule has 1 saturated heterocycles. The van der Waals surface area contributed by atoms with Gasteiger partial charge in [-0.3, -0.25) is 4.79 Å². The number of rotatable bonds is 3. The third-order valence-corrected chi connectivity index (χ3v) is 5.14. The fourth-order valence-electron chi connectivity index (χ4n) is 2.40. The molecule has 0 bridgehead atoms. The van der Waals surface area contributed by atoms with Crippen LogP contribution in [0.2, 0.25) is 0 Å². The standard InChI is InChI=1S/C13H17NO4S/c1-2-14(10-7-8-19(17,18)9-10)13(16)11-5-3-4-6-12(11)15/h3-6,10,15H,2,7-9H2,1H3. The molecule has 1 fully saturated rings. The van der Waals surface area contributed by atoms with E-state index in [0.717, 1.165) is 0 Å². The highest BCUT2D eigenvalue weighted by Crippen LogP contribution is 2.23. The van der Waals surface area contributed by atoms with E-state index >= 15 is 0 Å². The van der Waals surface area contributed by atoms with Crippen molar-refractivity contribution in [1.29, 1.82) is 0 Å². The van der Waals surface area contributed by atoms with Gasteiger partial charge in [0.1, 0.15) is 5.75 Å². The number of carbonyl (C=O) groups is 1. The van der Waals surface area contributed by atoms with Gasteiger partial charge in [-0.2, -0.15) is 0 Å². The summed E-state index contributed by atoms with van der Waals surface area (Å²) >= 11 is 0. The van der Waals surface area contributed by atoms with Crippen LogP contribution < -0.4 is 0 Å². The van der Waals surface area contributed by atoms with E-state index in [9.17, 15) is 18.3 Å². The molecule has 1 aliphatic rings. The lowest BCUT2D eigenvalue weighted by atomic mass is 10.1. The van der Waals surface area contributed by atoms with Crippen molar-refractivity contribution in [2.24, 2.45) is 0 Å². The van der Waals surface area contributed by atoms with Gasteiger partial charge in [0.2, 0.25) is 0 Å². The first-order valence-electron chi connectivity index (χ1n) is 6.24. The molecule has 2 rings (SSSR count). The van der Waals surface area contributed by atoms with Crippen LogP contribution in [0.25, 0.3) is 0 Å². The van der Waals surface area contributed by atoms with E-state index in [4.69, 9.17) is 0 Å². The molecule has 0 radical (unpaired) electrons. The number of phenols is 1. The lowest BCUT2D eigenvalue weighted by Crippen LogP contribution is -2.41. The highest BCUT2D eigenvalue weighted by molar-refractivity contribution is 7.91. The summed E-state index contributed by atoms with van der Waals surface area (Å²) in [4.78, 5) is 13.9. The Hall–Kier alpha value is -1.56. The number of benzene rings is 1. The number of hydrogen-bond acceptors (Lipinski definition) is 4. The molecule has 1 N–H and O–H groups in total. The summed E-state index contributed by atoms with van der Waals surface area (Å²) in [6.07, 6.45) is 0.468. The van der Waals surface area contributed by atoms with Gasteiger partial charge >= 0.3 is 0 Å². The second-order valence-electron chi connectivity index (χ2n) is 4.67. The Balaban J connectivity index is 2.24. The second kappa shape index (κ2) is 5.21. The maximum absolute atomic E-state index is 12.4. The van der Waals surface area contributed by atoms with Crippen molar-refractivity contribution in [3.8, 4) is 5.75 Å². The molecular formula is C13H17NO4S. The molecule has 5 nitrogen and oxygen atoms in total. The summed E-state index contributed by atoms with van der Waals surface area (Å²) in [5.74, 6) is -0.253. The first-order chi connectivity index (χ1) is 8.94. The van der Waals surface area contributed by atoms with Crippen molar-refractivity contribution >= 4 is 15.7 Å². The second-order valence-corrected chi connectivity index (χ2v) is 6.89. The van der Waals surface area contributed by atoms with E-state index in [0.29, 0.717) is 13.0 Å². The Morgan fingerprint density at radius 2 is 2.11 bits per heavy atom. The van der Waals surface area contributed by atoms with Gasteiger partial charge in [0.05, 0.1) is 17.1 Å². The molecule has 0 aliphatic carbocycles. The zero-order chi connectivity index (χ0) is 14.0. The Labute approximate surface area is 112 Å². The molecule has 1 unspecified atom stereocenters. The van der Waals surface area contributed by atoms with Gasteiger partial charge in [0, 0.05) is 12.6 Å². The van der Waals surface area contributed by atoms with Crippen LogP contribution in [0, 0.1) is 0 Å². The van der Waals surface area contributed by atoms with E-state index in [1.807, 2.05) is 6.92 Å². The van der Waals surface area contributed by atoms with Gasteiger partial charge in [-0.15, -0.1) is 0 Å². The number of nitrogens with zero attached hydrogens (tertiary/aromatic N) is 1. The predicted octanol–water partition coefficient (Wildman–Crippen LogP) is 1.04. The van der Waals surface area contributed by atoms with Gasteiger partial charge in [-0.1, -0.05) is 12.1 Å². The number of phenolic OH excluding ortho intramolecular Hbond substituents is 1. The SMILES string of the molecule is CCN(C(=O)c1ccccc1O)C1CCS(=O)(=O)C1. The van der Waals surface area contributed by atoms with Gasteiger partial charge < -0.3 is 10.0 Å². The summed E-state index contributed by atoms with van der Waals surface area (Å²) in [6.45, 7) is 2.23. The zero-order valence-corrected chi connectivity index (χ0v) is 11.6. The van der Waals surface area contributed by atoms with Crippen LogP contribution in [-0.2, 0) is 9.84 Å². The van der Waals surface area contributed by atoms with Gasteiger partial charge in [0.15, 0.2) is 9.84 Å². The van der Waals surface area contributed by atoms with Crippen LogP contribution >= 0.6 is 0 Å². The average Bonchev–Trinajstić information content (AvgIpc) is 2.71. The van der Waals surface area contributed by atoms with Crippen molar-refractivity contribution in [3.05, 3.63) is 29.8 Å². The molecule has 1 atom stereocenters. The first-order valence-corrected chi connectivity index (χ1v) is 8.06. The van der Waals surface area contributed by atoms with Crippen LogP contribution in [0.3, 0.4) is 0 Å². The zero-order valence-electron chi connectivity index (χ0n) is 10.7. The molecule has 6 heteroatoms. The topological polar surface area (TPSA) is 74.7 Å². The fourth-order valence-corrected chi connectivity index (χ4v) is 4.13. The van der Waals surface area contributed by atoms with E-state index in [2.05, 4.69) is 0 Å². The fraction of sp³-hybridized carbons (Fsp3) is 0.462. The number of hydrogen-bond donors (Lipinski definition) is 1. The molecule has 0 saturated carbocycles. The molecule has 1 amide bonds. The third kappa shape index (κ3) is 2.89. The smallest absolute Gasteiger partial charge is 0.257 e. The summed E-state index contributed by atoms with van der Waals surface area (Å²) in [5.41, 5.74) is 0.216. The minimum atomic E-state index is -3.03. The van der Waals surface area contributed by atoms with E-state index in [1.54, 1.807) is 18.2 Å². The lowest BCUT2D eigenvalue weighted by Gasteiger charge is -2.27. The molecular weight excluding hydrogens is 266 g/mol. The van der Waals surface area contributed by atoms with Crippen molar-refractivity contribution in [1.82, 2.24) is 4.90 Å². The third-order valence-electron chi connectivity index (χ3n) is 3.39. The molecule has 0 spiro atoms. The minimum Gasteiger partial charge on any atom is -0.507 e. The van der Waals surface area contributed by atoms with Crippen LogP contribution in [-0.4, -0.2) is 48.4 Å². The van der Waals surface area contributed by atoms with Crippen LogP contribution in [0.15, 0.2) is 24.3 Å². The van der Waals surface area contributed by atoms with Crippen molar-refractivity contribution in [2.75, 3.05) is 18.1 Å². The summed E-state index contributed by atoms with van der Waals surface area (Å²) in [5, 5.41) is 9.71. The monoisotopic (exact) mass is 283 g/mol. The quantitative estimate of drug-likeness (QED) is 0.899. The molecule has 1 aromatic rings.